The monoisotopic (exact) mass is 285 g/mol. The molecule has 88 valence electrons. The summed E-state index contributed by atoms with van der Waals surface area (Å²) in [5.74, 6) is 0. The van der Waals surface area contributed by atoms with Gasteiger partial charge in [-0.05, 0) is 42.6 Å². The smallest absolute Gasteiger partial charge is 0.158 e. The fraction of sp³-hybridized carbons (Fsp3) is 0.500. The molecule has 0 radical (unpaired) electrons. The van der Waals surface area contributed by atoms with Crippen LogP contribution in [0.15, 0.2) is 22.7 Å². The molecule has 0 aliphatic carbocycles. The predicted octanol–water partition coefficient (Wildman–Crippen LogP) is 2.56. The van der Waals surface area contributed by atoms with Crippen LogP contribution >= 0.6 is 15.9 Å². The highest BCUT2D eigenvalue weighted by molar-refractivity contribution is 9.10. The van der Waals surface area contributed by atoms with Crippen molar-refractivity contribution in [1.29, 1.82) is 0 Å². The molecule has 16 heavy (non-hydrogen) atoms. The van der Waals surface area contributed by atoms with Gasteiger partial charge in [-0.15, -0.1) is 0 Å². The number of rotatable bonds is 3. The van der Waals surface area contributed by atoms with Gasteiger partial charge in [0, 0.05) is 4.47 Å². The fourth-order valence-electron chi connectivity index (χ4n) is 1.73. The van der Waals surface area contributed by atoms with Crippen molar-refractivity contribution in [3.05, 3.63) is 33.8 Å². The molecule has 1 unspecified atom stereocenters. The lowest BCUT2D eigenvalue weighted by atomic mass is 10.1. The third kappa shape index (κ3) is 3.04. The Balaban J connectivity index is 2.01. The maximum absolute atomic E-state index is 5.69. The van der Waals surface area contributed by atoms with Gasteiger partial charge in [0.1, 0.15) is 0 Å². The van der Waals surface area contributed by atoms with Crippen LogP contribution in [0.2, 0.25) is 0 Å². The second-order valence-corrected chi connectivity index (χ2v) is 4.81. The van der Waals surface area contributed by atoms with Crippen LogP contribution in [0.5, 0.6) is 0 Å². The SMILES string of the molecule is NCCCC1OCc2ccc(Br)cc2CO1. The van der Waals surface area contributed by atoms with Crippen LogP contribution < -0.4 is 5.73 Å². The predicted molar refractivity (Wildman–Crippen MR) is 65.8 cm³/mol. The zero-order valence-electron chi connectivity index (χ0n) is 9.12. The van der Waals surface area contributed by atoms with Crippen LogP contribution in [-0.2, 0) is 22.7 Å². The van der Waals surface area contributed by atoms with Crippen LogP contribution in [0.1, 0.15) is 24.0 Å². The van der Waals surface area contributed by atoms with Crippen LogP contribution in [0.3, 0.4) is 0 Å². The van der Waals surface area contributed by atoms with E-state index in [0.29, 0.717) is 19.8 Å². The van der Waals surface area contributed by atoms with Crippen molar-refractivity contribution in [2.75, 3.05) is 6.54 Å². The van der Waals surface area contributed by atoms with Gasteiger partial charge < -0.3 is 15.2 Å². The van der Waals surface area contributed by atoms with Gasteiger partial charge in [0.2, 0.25) is 0 Å². The molecule has 1 atom stereocenters. The first-order chi connectivity index (χ1) is 7.79. The number of ether oxygens (including phenoxy) is 2. The van der Waals surface area contributed by atoms with Gasteiger partial charge in [0.05, 0.1) is 13.2 Å². The summed E-state index contributed by atoms with van der Waals surface area (Å²) >= 11 is 3.46. The van der Waals surface area contributed by atoms with Crippen molar-refractivity contribution in [1.82, 2.24) is 0 Å². The van der Waals surface area contributed by atoms with E-state index in [2.05, 4.69) is 28.1 Å². The van der Waals surface area contributed by atoms with E-state index in [9.17, 15) is 0 Å². The van der Waals surface area contributed by atoms with E-state index < -0.39 is 0 Å². The molecule has 0 saturated heterocycles. The molecule has 0 fully saturated rings. The highest BCUT2D eigenvalue weighted by atomic mass is 79.9. The zero-order valence-corrected chi connectivity index (χ0v) is 10.7. The molecule has 0 spiro atoms. The summed E-state index contributed by atoms with van der Waals surface area (Å²) in [5, 5.41) is 0. The quantitative estimate of drug-likeness (QED) is 0.928. The van der Waals surface area contributed by atoms with Gasteiger partial charge >= 0.3 is 0 Å². The molecular formula is C12H16BrNO2. The molecule has 0 bridgehead atoms. The minimum Gasteiger partial charge on any atom is -0.348 e. The van der Waals surface area contributed by atoms with Crippen molar-refractivity contribution >= 4 is 15.9 Å². The summed E-state index contributed by atoms with van der Waals surface area (Å²) < 4.78 is 12.4. The van der Waals surface area contributed by atoms with Crippen LogP contribution in [-0.4, -0.2) is 12.8 Å². The summed E-state index contributed by atoms with van der Waals surface area (Å²) in [6, 6.07) is 6.19. The molecule has 1 aromatic rings. The maximum Gasteiger partial charge on any atom is 0.158 e. The normalized spacial score (nSPS) is 20.2. The average molecular weight is 286 g/mol. The Morgan fingerprint density at radius 3 is 2.75 bits per heavy atom. The summed E-state index contributed by atoms with van der Waals surface area (Å²) in [4.78, 5) is 0. The number of hydrogen-bond acceptors (Lipinski definition) is 3. The number of hydrogen-bond donors (Lipinski definition) is 1. The Morgan fingerprint density at radius 1 is 1.25 bits per heavy atom. The lowest BCUT2D eigenvalue weighted by Crippen LogP contribution is -2.16. The second kappa shape index (κ2) is 5.77. The molecule has 2 N–H and O–H groups in total. The topological polar surface area (TPSA) is 44.5 Å². The Hall–Kier alpha value is -0.420. The van der Waals surface area contributed by atoms with Gasteiger partial charge in [0.15, 0.2) is 6.29 Å². The van der Waals surface area contributed by atoms with Gasteiger partial charge in [-0.25, -0.2) is 0 Å². The van der Waals surface area contributed by atoms with E-state index in [-0.39, 0.29) is 6.29 Å². The number of halogens is 1. The van der Waals surface area contributed by atoms with Crippen molar-refractivity contribution < 1.29 is 9.47 Å². The van der Waals surface area contributed by atoms with Crippen molar-refractivity contribution in [2.45, 2.75) is 32.3 Å². The lowest BCUT2D eigenvalue weighted by Gasteiger charge is -2.14. The molecule has 0 saturated carbocycles. The molecule has 0 amide bonds. The highest BCUT2D eigenvalue weighted by Gasteiger charge is 2.16. The minimum absolute atomic E-state index is 0.116. The molecule has 1 aromatic carbocycles. The molecule has 1 heterocycles. The molecule has 0 aromatic heterocycles. The van der Waals surface area contributed by atoms with Crippen molar-refractivity contribution in [2.24, 2.45) is 5.73 Å². The Kier molecular flexibility index (Phi) is 4.35. The molecule has 1 aliphatic heterocycles. The van der Waals surface area contributed by atoms with E-state index in [4.69, 9.17) is 15.2 Å². The van der Waals surface area contributed by atoms with Gasteiger partial charge in [-0.3, -0.25) is 0 Å². The largest absolute Gasteiger partial charge is 0.348 e. The van der Waals surface area contributed by atoms with Crippen LogP contribution in [0.4, 0.5) is 0 Å². The van der Waals surface area contributed by atoms with Gasteiger partial charge in [-0.1, -0.05) is 22.0 Å². The first kappa shape index (κ1) is 12.0. The fourth-order valence-corrected chi connectivity index (χ4v) is 2.14. The van der Waals surface area contributed by atoms with Crippen molar-refractivity contribution in [3.8, 4) is 0 Å². The summed E-state index contributed by atoms with van der Waals surface area (Å²) in [6.45, 7) is 1.92. The first-order valence-electron chi connectivity index (χ1n) is 5.50. The molecule has 1 aliphatic rings. The van der Waals surface area contributed by atoms with Crippen molar-refractivity contribution in [3.63, 3.8) is 0 Å². The van der Waals surface area contributed by atoms with E-state index in [0.717, 1.165) is 17.3 Å². The molecule has 3 nitrogen and oxygen atoms in total. The van der Waals surface area contributed by atoms with Crippen LogP contribution in [0.25, 0.3) is 0 Å². The standard InChI is InChI=1S/C12H16BrNO2/c13-11-4-3-9-7-15-12(2-1-5-14)16-8-10(9)6-11/h3-4,6,12H,1-2,5,7-8,14H2. The molecular weight excluding hydrogens is 270 g/mol. The Morgan fingerprint density at radius 2 is 2.00 bits per heavy atom. The van der Waals surface area contributed by atoms with E-state index in [1.165, 1.54) is 11.1 Å². The summed E-state index contributed by atoms with van der Waals surface area (Å²) in [7, 11) is 0. The minimum atomic E-state index is -0.116. The molecule has 4 heteroatoms. The zero-order chi connectivity index (χ0) is 11.4. The summed E-state index contributed by atoms with van der Waals surface area (Å²) in [5.41, 5.74) is 7.88. The van der Waals surface area contributed by atoms with E-state index >= 15 is 0 Å². The number of benzene rings is 1. The van der Waals surface area contributed by atoms with Crippen LogP contribution in [0, 0.1) is 0 Å². The Labute approximate surface area is 104 Å². The van der Waals surface area contributed by atoms with E-state index in [1.54, 1.807) is 0 Å². The third-order valence-corrected chi connectivity index (χ3v) is 3.15. The number of fused-ring (bicyclic) bond motifs is 1. The number of nitrogens with two attached hydrogens (primary N) is 1. The van der Waals surface area contributed by atoms with E-state index in [1.807, 2.05) is 6.07 Å². The molecule has 2 rings (SSSR count). The highest BCUT2D eigenvalue weighted by Crippen LogP contribution is 2.23. The van der Waals surface area contributed by atoms with Gasteiger partial charge in [-0.2, -0.15) is 0 Å². The lowest BCUT2D eigenvalue weighted by molar-refractivity contribution is -0.152. The average Bonchev–Trinajstić information content (AvgIpc) is 2.48. The summed E-state index contributed by atoms with van der Waals surface area (Å²) in [6.07, 6.45) is 1.69. The maximum atomic E-state index is 5.69. The first-order valence-corrected chi connectivity index (χ1v) is 6.29. The second-order valence-electron chi connectivity index (χ2n) is 3.90. The third-order valence-electron chi connectivity index (χ3n) is 2.66. The van der Waals surface area contributed by atoms with Gasteiger partial charge in [0.25, 0.3) is 0 Å². The Bertz CT molecular complexity index is 357.